The van der Waals surface area contributed by atoms with Gasteiger partial charge in [-0.05, 0) is 26.0 Å². The van der Waals surface area contributed by atoms with Crippen molar-refractivity contribution in [1.82, 2.24) is 4.98 Å². The maximum Gasteiger partial charge on any atom is 0.338 e. The van der Waals surface area contributed by atoms with Gasteiger partial charge < -0.3 is 14.9 Å². The van der Waals surface area contributed by atoms with Crippen molar-refractivity contribution < 1.29 is 24.5 Å². The van der Waals surface area contributed by atoms with Crippen LogP contribution in [0.2, 0.25) is 0 Å². The largest absolute Gasteiger partial charge is 0.464 e. The molecule has 6 nitrogen and oxygen atoms in total. The Bertz CT molecular complexity index is 429. The topological polar surface area (TPSA) is 96.7 Å². The Morgan fingerprint density at radius 2 is 2.06 bits per heavy atom. The van der Waals surface area contributed by atoms with Crippen molar-refractivity contribution in [1.29, 1.82) is 0 Å². The van der Waals surface area contributed by atoms with Crippen molar-refractivity contribution in [2.24, 2.45) is 0 Å². The molecule has 98 valence electrons. The van der Waals surface area contributed by atoms with Gasteiger partial charge in [0.15, 0.2) is 11.9 Å². The molecule has 0 aliphatic rings. The van der Waals surface area contributed by atoms with Crippen LogP contribution in [0.25, 0.3) is 0 Å². The molecule has 18 heavy (non-hydrogen) atoms. The van der Waals surface area contributed by atoms with E-state index < -0.39 is 18.2 Å². The summed E-state index contributed by atoms with van der Waals surface area (Å²) in [5, 5.41) is 19.2. The predicted octanol–water partition coefficient (Wildman–Crippen LogP) is 0.242. The Labute approximate surface area is 104 Å². The van der Waals surface area contributed by atoms with Gasteiger partial charge in [0, 0.05) is 11.8 Å². The molecule has 0 aliphatic carbocycles. The summed E-state index contributed by atoms with van der Waals surface area (Å²) in [6.07, 6.45) is -1.90. The highest BCUT2D eigenvalue weighted by molar-refractivity contribution is 5.93. The molecule has 2 unspecified atom stereocenters. The number of nitrogens with zero attached hydrogens (tertiary/aromatic N) is 1. The van der Waals surface area contributed by atoms with Crippen LogP contribution in [0.5, 0.6) is 0 Å². The second-order valence-electron chi connectivity index (χ2n) is 3.67. The van der Waals surface area contributed by atoms with Gasteiger partial charge in [0.25, 0.3) is 0 Å². The van der Waals surface area contributed by atoms with Crippen molar-refractivity contribution in [3.63, 3.8) is 0 Å². The third-order valence-corrected chi connectivity index (χ3v) is 2.32. The number of ether oxygens (including phenoxy) is 1. The van der Waals surface area contributed by atoms with E-state index in [0.29, 0.717) is 5.56 Å². The molecule has 1 aromatic heterocycles. The number of pyridine rings is 1. The minimum Gasteiger partial charge on any atom is -0.464 e. The van der Waals surface area contributed by atoms with Crippen LogP contribution in [0.3, 0.4) is 0 Å². The number of carbonyl (C=O) groups excluding carboxylic acids is 2. The zero-order valence-corrected chi connectivity index (χ0v) is 10.2. The Morgan fingerprint density at radius 3 is 2.50 bits per heavy atom. The van der Waals surface area contributed by atoms with Gasteiger partial charge in [-0.1, -0.05) is 0 Å². The molecule has 1 heterocycles. The van der Waals surface area contributed by atoms with E-state index in [1.807, 2.05) is 0 Å². The SMILES string of the molecule is CCOC(=O)C(O)C(O)c1ccc(C(C)=O)cn1. The number of aliphatic hydroxyl groups is 2. The van der Waals surface area contributed by atoms with Gasteiger partial charge in [0.2, 0.25) is 0 Å². The highest BCUT2D eigenvalue weighted by Crippen LogP contribution is 2.16. The second-order valence-corrected chi connectivity index (χ2v) is 3.67. The number of hydrogen-bond donors (Lipinski definition) is 2. The molecule has 0 spiro atoms. The number of aromatic nitrogens is 1. The molecule has 2 N–H and O–H groups in total. The molecule has 1 rings (SSSR count). The summed E-state index contributed by atoms with van der Waals surface area (Å²) in [6.45, 7) is 3.09. The van der Waals surface area contributed by atoms with Crippen molar-refractivity contribution in [2.75, 3.05) is 6.61 Å². The van der Waals surface area contributed by atoms with E-state index in [0.717, 1.165) is 0 Å². The van der Waals surface area contributed by atoms with E-state index in [4.69, 9.17) is 0 Å². The molecular formula is C12H15NO5. The standard InChI is InChI=1S/C12H15NO5/c1-3-18-12(17)11(16)10(15)9-5-4-8(6-13-9)7(2)14/h4-6,10-11,15-16H,3H2,1-2H3. The first-order valence-corrected chi connectivity index (χ1v) is 5.47. The molecule has 0 radical (unpaired) electrons. The maximum atomic E-state index is 11.2. The molecule has 0 saturated heterocycles. The van der Waals surface area contributed by atoms with Gasteiger partial charge in [-0.25, -0.2) is 4.79 Å². The van der Waals surface area contributed by atoms with E-state index in [-0.39, 0.29) is 18.1 Å². The average Bonchev–Trinajstić information content (AvgIpc) is 2.37. The zero-order chi connectivity index (χ0) is 13.7. The van der Waals surface area contributed by atoms with Crippen LogP contribution in [0.4, 0.5) is 0 Å². The van der Waals surface area contributed by atoms with E-state index in [9.17, 15) is 19.8 Å². The van der Waals surface area contributed by atoms with Crippen LogP contribution in [-0.2, 0) is 9.53 Å². The van der Waals surface area contributed by atoms with Crippen LogP contribution in [0, 0.1) is 0 Å². The molecule has 0 aliphatic heterocycles. The monoisotopic (exact) mass is 253 g/mol. The molecule has 0 aromatic carbocycles. The lowest BCUT2D eigenvalue weighted by molar-refractivity contribution is -0.159. The fourth-order valence-electron chi connectivity index (χ4n) is 1.31. The molecule has 0 fully saturated rings. The van der Waals surface area contributed by atoms with Crippen LogP contribution in [-0.4, -0.2) is 39.7 Å². The Morgan fingerprint density at radius 1 is 1.39 bits per heavy atom. The first-order valence-electron chi connectivity index (χ1n) is 5.47. The van der Waals surface area contributed by atoms with E-state index in [1.165, 1.54) is 25.3 Å². The summed E-state index contributed by atoms with van der Waals surface area (Å²) >= 11 is 0. The number of Topliss-reactive ketones (excluding diaryl/α,β-unsaturated/α-hetero) is 1. The summed E-state index contributed by atoms with van der Waals surface area (Å²) in [4.78, 5) is 26.1. The average molecular weight is 253 g/mol. The summed E-state index contributed by atoms with van der Waals surface area (Å²) in [5.74, 6) is -1.07. The summed E-state index contributed by atoms with van der Waals surface area (Å²) in [7, 11) is 0. The van der Waals surface area contributed by atoms with E-state index in [1.54, 1.807) is 6.92 Å². The number of ketones is 1. The minimum absolute atomic E-state index is 0.0977. The molecular weight excluding hydrogens is 238 g/mol. The maximum absolute atomic E-state index is 11.2. The fraction of sp³-hybridized carbons (Fsp3) is 0.417. The van der Waals surface area contributed by atoms with Gasteiger partial charge in [0.1, 0.15) is 6.10 Å². The Kier molecular flexibility index (Phi) is 4.94. The highest BCUT2D eigenvalue weighted by Gasteiger charge is 2.27. The van der Waals surface area contributed by atoms with Gasteiger partial charge in [0.05, 0.1) is 12.3 Å². The van der Waals surface area contributed by atoms with Gasteiger partial charge in [-0.3, -0.25) is 9.78 Å². The van der Waals surface area contributed by atoms with Crippen LogP contribution in [0.15, 0.2) is 18.3 Å². The van der Waals surface area contributed by atoms with Crippen LogP contribution in [0.1, 0.15) is 36.0 Å². The smallest absolute Gasteiger partial charge is 0.338 e. The summed E-state index contributed by atoms with van der Waals surface area (Å²) < 4.78 is 4.58. The third kappa shape index (κ3) is 3.35. The summed E-state index contributed by atoms with van der Waals surface area (Å²) in [5.41, 5.74) is 0.483. The Hall–Kier alpha value is -1.79. The lowest BCUT2D eigenvalue weighted by Gasteiger charge is -2.15. The van der Waals surface area contributed by atoms with Crippen LogP contribution >= 0.6 is 0 Å². The molecule has 0 saturated carbocycles. The van der Waals surface area contributed by atoms with Crippen molar-refractivity contribution in [3.05, 3.63) is 29.6 Å². The molecule has 6 heteroatoms. The van der Waals surface area contributed by atoms with Crippen molar-refractivity contribution in [2.45, 2.75) is 26.1 Å². The van der Waals surface area contributed by atoms with Crippen molar-refractivity contribution in [3.8, 4) is 0 Å². The molecule has 0 amide bonds. The first kappa shape index (κ1) is 14.3. The summed E-state index contributed by atoms with van der Waals surface area (Å²) in [6, 6.07) is 2.84. The van der Waals surface area contributed by atoms with Crippen LogP contribution < -0.4 is 0 Å². The van der Waals surface area contributed by atoms with Gasteiger partial charge in [-0.2, -0.15) is 0 Å². The molecule has 2 atom stereocenters. The zero-order valence-electron chi connectivity index (χ0n) is 10.2. The first-order chi connectivity index (χ1) is 8.47. The highest BCUT2D eigenvalue weighted by atomic mass is 16.5. The van der Waals surface area contributed by atoms with Gasteiger partial charge >= 0.3 is 5.97 Å². The van der Waals surface area contributed by atoms with E-state index in [2.05, 4.69) is 9.72 Å². The lowest BCUT2D eigenvalue weighted by Crippen LogP contribution is -2.30. The third-order valence-electron chi connectivity index (χ3n) is 2.32. The second kappa shape index (κ2) is 6.23. The molecule has 0 bridgehead atoms. The number of rotatable bonds is 5. The predicted molar refractivity (Wildman–Crippen MR) is 61.8 cm³/mol. The lowest BCUT2D eigenvalue weighted by atomic mass is 10.1. The number of aliphatic hydroxyl groups excluding tert-OH is 2. The van der Waals surface area contributed by atoms with E-state index >= 15 is 0 Å². The quantitative estimate of drug-likeness (QED) is 0.576. The normalized spacial score (nSPS) is 13.8. The fourth-order valence-corrected chi connectivity index (χ4v) is 1.31. The Balaban J connectivity index is 2.80. The number of hydrogen-bond acceptors (Lipinski definition) is 6. The minimum atomic E-state index is -1.69. The number of carbonyl (C=O) groups is 2. The number of esters is 1. The van der Waals surface area contributed by atoms with Gasteiger partial charge in [-0.15, -0.1) is 0 Å². The molecule has 1 aromatic rings. The van der Waals surface area contributed by atoms with Crippen molar-refractivity contribution >= 4 is 11.8 Å².